The number of hydrogen-bond acceptors (Lipinski definition) is 11. The molecule has 55 heavy (non-hydrogen) atoms. The number of benzene rings is 1. The molecule has 3 atom stereocenters. The number of hydrogen-bond donors (Lipinski definition) is 0. The van der Waals surface area contributed by atoms with Crippen LogP contribution in [0.1, 0.15) is 82.8 Å². The fourth-order valence-corrected chi connectivity index (χ4v) is 6.96. The number of amides is 4. The van der Waals surface area contributed by atoms with Gasteiger partial charge in [0.15, 0.2) is 5.17 Å². The van der Waals surface area contributed by atoms with Gasteiger partial charge >= 0.3 is 30.3 Å². The van der Waals surface area contributed by atoms with Crippen LogP contribution in [-0.2, 0) is 23.7 Å². The highest BCUT2D eigenvalue weighted by Gasteiger charge is 2.51. The van der Waals surface area contributed by atoms with Crippen LogP contribution in [0, 0.1) is 5.92 Å². The number of carbonyl (C=O) groups excluding carboxylic acids is 5. The van der Waals surface area contributed by atoms with Crippen LogP contribution < -0.4 is 4.90 Å². The van der Waals surface area contributed by atoms with E-state index in [1.165, 1.54) is 40.0 Å². The molecule has 2 aliphatic rings. The molecule has 0 aromatic heterocycles. The number of amidine groups is 1. The predicted octanol–water partition coefficient (Wildman–Crippen LogP) is 9.71. The molecule has 4 amide bonds. The van der Waals surface area contributed by atoms with Crippen LogP contribution in [0.15, 0.2) is 23.2 Å². The van der Waals surface area contributed by atoms with E-state index in [1.807, 2.05) is 0 Å². The molecular formula is C34H44Cl6N4O10S. The molecule has 0 unspecified atom stereocenters. The molecule has 0 radical (unpaired) electrons. The van der Waals surface area contributed by atoms with Gasteiger partial charge in [0.25, 0.3) is 0 Å². The van der Waals surface area contributed by atoms with Gasteiger partial charge < -0.3 is 28.6 Å². The predicted molar refractivity (Wildman–Crippen MR) is 214 cm³/mol. The molecule has 0 saturated carbocycles. The summed E-state index contributed by atoms with van der Waals surface area (Å²) in [6.45, 7) is 9.15. The second kappa shape index (κ2) is 19.0. The van der Waals surface area contributed by atoms with Gasteiger partial charge in [-0.2, -0.15) is 4.99 Å². The van der Waals surface area contributed by atoms with Crippen LogP contribution in [0.5, 0.6) is 0 Å². The Labute approximate surface area is 354 Å². The number of likely N-dealkylation sites (tertiary alicyclic amines) is 1. The zero-order valence-corrected chi connectivity index (χ0v) is 36.8. The summed E-state index contributed by atoms with van der Waals surface area (Å²) < 4.78 is 23.0. The van der Waals surface area contributed by atoms with Crippen LogP contribution in [0.2, 0.25) is 0 Å². The van der Waals surface area contributed by atoms with Gasteiger partial charge in [-0.1, -0.05) is 81.4 Å². The van der Waals surface area contributed by atoms with E-state index in [9.17, 15) is 24.0 Å². The molecule has 14 nitrogen and oxygen atoms in total. The van der Waals surface area contributed by atoms with Crippen molar-refractivity contribution in [2.45, 2.75) is 91.7 Å². The summed E-state index contributed by atoms with van der Waals surface area (Å²) in [7, 11) is 1.22. The third-order valence-electron chi connectivity index (χ3n) is 7.94. The second-order valence-electron chi connectivity index (χ2n) is 14.5. The number of alkyl halides is 6. The maximum atomic E-state index is 14.0. The van der Waals surface area contributed by atoms with Crippen molar-refractivity contribution >= 4 is 123 Å². The number of methoxy groups -OCH3 is 1. The van der Waals surface area contributed by atoms with E-state index in [0.29, 0.717) is 12.0 Å². The minimum Gasteiger partial charge on any atom is -0.465 e. The SMILES string of the molecule is COC(=O)c1ccc2c(c1)[C@@H]1[C@@H](CCN1C(=O)OCC(Cl)(Cl)Cl)[C@H](CCCN(C(=O)OC(C)(C)C)/C(=N\C(=O)OC(C)(C)C)SC)N2C(=O)OCC(Cl)(Cl)Cl. The van der Waals surface area contributed by atoms with Crippen molar-refractivity contribution < 1.29 is 47.7 Å². The first kappa shape index (κ1) is 47.1. The summed E-state index contributed by atoms with van der Waals surface area (Å²) in [6, 6.07) is 3.04. The fraction of sp³-hybridized carbons (Fsp3) is 0.647. The third kappa shape index (κ3) is 14.0. The fourth-order valence-electron chi connectivity index (χ4n) is 6.08. The largest absolute Gasteiger partial charge is 0.465 e. The maximum absolute atomic E-state index is 14.0. The maximum Gasteiger partial charge on any atom is 0.436 e. The van der Waals surface area contributed by atoms with E-state index in [1.54, 1.807) is 47.8 Å². The van der Waals surface area contributed by atoms with Crippen molar-refractivity contribution in [1.82, 2.24) is 9.80 Å². The zero-order valence-electron chi connectivity index (χ0n) is 31.5. The first-order chi connectivity index (χ1) is 25.2. The van der Waals surface area contributed by atoms with Gasteiger partial charge in [0.2, 0.25) is 7.59 Å². The Morgan fingerprint density at radius 2 is 1.47 bits per heavy atom. The lowest BCUT2D eigenvalue weighted by molar-refractivity contribution is 0.0368. The number of esters is 1. The van der Waals surface area contributed by atoms with E-state index < -0.39 is 80.3 Å². The Hall–Kier alpha value is -2.27. The summed E-state index contributed by atoms with van der Waals surface area (Å²) in [5, 5.41) is 0.0217. The van der Waals surface area contributed by atoms with Crippen molar-refractivity contribution in [3.63, 3.8) is 0 Å². The molecule has 0 bridgehead atoms. The van der Waals surface area contributed by atoms with Gasteiger partial charge in [-0.15, -0.1) is 0 Å². The van der Waals surface area contributed by atoms with Crippen molar-refractivity contribution in [2.24, 2.45) is 10.9 Å². The molecule has 0 aliphatic carbocycles. The first-order valence-electron chi connectivity index (χ1n) is 16.9. The lowest BCUT2D eigenvalue weighted by Gasteiger charge is -2.45. The standard InChI is InChI=1S/C34H44Cl6N4O10S/c1-31(2,3)53-27(46)41-26(55-8)43(29(48)54-32(4,5)6)14-9-10-22-20-13-15-42(28(47)51-17-33(35,36)37)24(20)21-16-19(25(45)50-7)11-12-23(21)44(22)30(49)52-18-34(38,39)40/h11-12,16,20,22,24H,9-10,13-15,17-18H2,1-8H3/b41-26+/t20-,22-,24-/m0/s1. The van der Waals surface area contributed by atoms with Gasteiger partial charge in [0, 0.05) is 25.0 Å². The van der Waals surface area contributed by atoms with E-state index in [4.69, 9.17) is 93.3 Å². The molecule has 1 aromatic rings. The smallest absolute Gasteiger partial charge is 0.436 e. The molecule has 3 rings (SSSR count). The van der Waals surface area contributed by atoms with E-state index in [2.05, 4.69) is 4.99 Å². The minimum absolute atomic E-state index is 0.0217. The highest BCUT2D eigenvalue weighted by Crippen LogP contribution is 2.51. The van der Waals surface area contributed by atoms with Crippen molar-refractivity contribution in [2.75, 3.05) is 44.6 Å². The summed E-state index contributed by atoms with van der Waals surface area (Å²) in [6.07, 6.45) is -0.941. The van der Waals surface area contributed by atoms with Crippen molar-refractivity contribution in [3.8, 4) is 0 Å². The Balaban J connectivity index is 2.11. The van der Waals surface area contributed by atoms with Crippen LogP contribution in [0.25, 0.3) is 0 Å². The Morgan fingerprint density at radius 1 is 0.891 bits per heavy atom. The molecule has 1 saturated heterocycles. The quantitative estimate of drug-likeness (QED) is 0.0845. The normalized spacial score (nSPS) is 18.9. The third-order valence-corrected chi connectivity index (χ3v) is 9.27. The highest BCUT2D eigenvalue weighted by molar-refractivity contribution is 8.13. The number of ether oxygens (including phenoxy) is 5. The lowest BCUT2D eigenvalue weighted by atomic mass is 9.79. The van der Waals surface area contributed by atoms with Crippen LogP contribution in [0.3, 0.4) is 0 Å². The molecule has 308 valence electrons. The molecule has 21 heteroatoms. The van der Waals surface area contributed by atoms with Gasteiger partial charge in [-0.05, 0) is 90.8 Å². The molecular weight excluding hydrogens is 869 g/mol. The Bertz CT molecular complexity index is 1630. The zero-order chi connectivity index (χ0) is 41.7. The monoisotopic (exact) mass is 910 g/mol. The molecule has 1 aromatic carbocycles. The van der Waals surface area contributed by atoms with E-state index in [0.717, 1.165) is 11.8 Å². The molecule has 2 heterocycles. The number of carbonyl (C=O) groups is 5. The van der Waals surface area contributed by atoms with Gasteiger partial charge in [-0.25, -0.2) is 24.0 Å². The van der Waals surface area contributed by atoms with Crippen molar-refractivity contribution in [1.29, 1.82) is 0 Å². The number of aliphatic imine (C=N–C) groups is 1. The molecule has 0 N–H and O–H groups in total. The van der Waals surface area contributed by atoms with Crippen LogP contribution in [-0.4, -0.2) is 110 Å². The van der Waals surface area contributed by atoms with Gasteiger partial charge in [0.05, 0.1) is 24.4 Å². The highest BCUT2D eigenvalue weighted by atomic mass is 35.6. The number of nitrogens with zero attached hydrogens (tertiary/aromatic N) is 4. The van der Waals surface area contributed by atoms with Crippen molar-refractivity contribution in [3.05, 3.63) is 29.3 Å². The van der Waals surface area contributed by atoms with Crippen LogP contribution in [0.4, 0.5) is 24.9 Å². The van der Waals surface area contributed by atoms with E-state index in [-0.39, 0.29) is 42.3 Å². The topological polar surface area (TPSA) is 154 Å². The van der Waals surface area contributed by atoms with Gasteiger partial charge in [0.1, 0.15) is 24.4 Å². The Kier molecular flexibility index (Phi) is 16.3. The average Bonchev–Trinajstić information content (AvgIpc) is 3.50. The van der Waals surface area contributed by atoms with E-state index >= 15 is 0 Å². The Morgan fingerprint density at radius 3 is 2.00 bits per heavy atom. The molecule has 2 aliphatic heterocycles. The van der Waals surface area contributed by atoms with Crippen LogP contribution >= 0.6 is 81.4 Å². The second-order valence-corrected chi connectivity index (χ2v) is 20.3. The summed E-state index contributed by atoms with van der Waals surface area (Å²) in [5.41, 5.74) is -0.896. The number of anilines is 1. The number of fused-ring (bicyclic) bond motifs is 3. The lowest BCUT2D eigenvalue weighted by Crippen LogP contribution is -2.52. The number of thioether (sulfide) groups is 1. The summed E-state index contributed by atoms with van der Waals surface area (Å²) in [5.74, 6) is -1.15. The molecule has 1 fully saturated rings. The average molecular weight is 914 g/mol. The molecule has 0 spiro atoms. The minimum atomic E-state index is -1.94. The number of halogens is 6. The summed E-state index contributed by atoms with van der Waals surface area (Å²) >= 11 is 36.5. The first-order valence-corrected chi connectivity index (χ1v) is 20.4. The summed E-state index contributed by atoms with van der Waals surface area (Å²) in [4.78, 5) is 74.6. The van der Waals surface area contributed by atoms with Gasteiger partial charge in [-0.3, -0.25) is 9.80 Å². The number of rotatable bonds is 7.